The first kappa shape index (κ1) is 21.2. The van der Waals surface area contributed by atoms with Gasteiger partial charge in [-0.2, -0.15) is 0 Å². The Hall–Kier alpha value is -3.52. The zero-order chi connectivity index (χ0) is 21.8. The van der Waals surface area contributed by atoms with Crippen LogP contribution in [0.3, 0.4) is 0 Å². The van der Waals surface area contributed by atoms with Gasteiger partial charge in [-0.15, -0.1) is 6.42 Å². The maximum Gasteiger partial charge on any atom is 0.253 e. The van der Waals surface area contributed by atoms with E-state index in [9.17, 15) is 18.4 Å². The molecule has 0 atom stereocenters. The lowest BCUT2D eigenvalue weighted by Crippen LogP contribution is -2.20. The van der Waals surface area contributed by atoms with Gasteiger partial charge in [-0.3, -0.25) is 9.59 Å². The summed E-state index contributed by atoms with van der Waals surface area (Å²) in [5, 5.41) is 0. The molecule has 0 saturated carbocycles. The summed E-state index contributed by atoms with van der Waals surface area (Å²) in [5.41, 5.74) is 3.79. The van der Waals surface area contributed by atoms with Gasteiger partial charge in [0.1, 0.15) is 11.6 Å². The number of aryl methyl sites for hydroxylation is 2. The molecular weight excluding hydrogens is 384 g/mol. The summed E-state index contributed by atoms with van der Waals surface area (Å²) >= 11 is 0. The van der Waals surface area contributed by atoms with Crippen molar-refractivity contribution in [1.82, 2.24) is 4.57 Å². The normalized spacial score (nSPS) is 10.6. The monoisotopic (exact) mass is 405 g/mol. The van der Waals surface area contributed by atoms with Gasteiger partial charge < -0.3 is 4.57 Å². The second kappa shape index (κ2) is 8.87. The lowest BCUT2D eigenvalue weighted by Gasteiger charge is -2.17. The molecule has 0 spiro atoms. The van der Waals surface area contributed by atoms with E-state index in [-0.39, 0.29) is 24.2 Å². The van der Waals surface area contributed by atoms with E-state index in [1.54, 1.807) is 31.4 Å². The summed E-state index contributed by atoms with van der Waals surface area (Å²) in [6.45, 7) is 1.89. The first-order valence-electron chi connectivity index (χ1n) is 9.58. The number of terminal acetylenes is 1. The van der Waals surface area contributed by atoms with Gasteiger partial charge in [-0.25, -0.2) is 8.78 Å². The van der Waals surface area contributed by atoms with Crippen molar-refractivity contribution in [2.45, 2.75) is 26.2 Å². The van der Waals surface area contributed by atoms with E-state index in [0.29, 0.717) is 23.1 Å². The molecule has 0 radical (unpaired) electrons. The molecule has 3 rings (SSSR count). The number of halogens is 2. The van der Waals surface area contributed by atoms with Gasteiger partial charge in [0.25, 0.3) is 5.56 Å². The van der Waals surface area contributed by atoms with Crippen molar-refractivity contribution in [1.29, 1.82) is 0 Å². The molecular formula is C25H21F2NO2. The Kier molecular flexibility index (Phi) is 6.27. The zero-order valence-corrected chi connectivity index (χ0v) is 16.8. The van der Waals surface area contributed by atoms with Crippen LogP contribution in [0.4, 0.5) is 8.78 Å². The molecule has 1 aromatic heterocycles. The van der Waals surface area contributed by atoms with E-state index in [0.717, 1.165) is 22.8 Å². The largest absolute Gasteiger partial charge is 0.318 e. The Balaban J connectivity index is 2.22. The molecule has 0 aliphatic carbocycles. The zero-order valence-electron chi connectivity index (χ0n) is 16.8. The van der Waals surface area contributed by atoms with E-state index in [2.05, 4.69) is 5.92 Å². The first-order chi connectivity index (χ1) is 14.3. The van der Waals surface area contributed by atoms with Gasteiger partial charge >= 0.3 is 0 Å². The third kappa shape index (κ3) is 4.38. The van der Waals surface area contributed by atoms with Crippen LogP contribution >= 0.6 is 0 Å². The van der Waals surface area contributed by atoms with E-state index in [4.69, 9.17) is 6.42 Å². The van der Waals surface area contributed by atoms with Gasteiger partial charge in [0.05, 0.1) is 0 Å². The van der Waals surface area contributed by atoms with Crippen molar-refractivity contribution in [3.8, 4) is 23.5 Å². The highest BCUT2D eigenvalue weighted by Crippen LogP contribution is 2.31. The van der Waals surface area contributed by atoms with E-state index in [1.807, 2.05) is 13.0 Å². The molecule has 0 aliphatic heterocycles. The molecule has 0 fully saturated rings. The van der Waals surface area contributed by atoms with Crippen LogP contribution < -0.4 is 5.56 Å². The Morgan fingerprint density at radius 3 is 2.47 bits per heavy atom. The van der Waals surface area contributed by atoms with Gasteiger partial charge in [0, 0.05) is 37.7 Å². The molecule has 1 heterocycles. The van der Waals surface area contributed by atoms with Gasteiger partial charge in [0.2, 0.25) is 5.78 Å². The number of rotatable bonds is 6. The van der Waals surface area contributed by atoms with E-state index < -0.39 is 11.6 Å². The second-order valence-corrected chi connectivity index (χ2v) is 7.13. The summed E-state index contributed by atoms with van der Waals surface area (Å²) in [6, 6.07) is 10.7. The summed E-state index contributed by atoms with van der Waals surface area (Å²) in [7, 11) is 1.67. The highest BCUT2D eigenvalue weighted by atomic mass is 19.1. The number of carbonyl (C=O) groups excluding carboxylic acids is 1. The van der Waals surface area contributed by atoms with Gasteiger partial charge in [-0.05, 0) is 52.3 Å². The number of hydrogen-bond acceptors (Lipinski definition) is 2. The third-order valence-corrected chi connectivity index (χ3v) is 5.07. The minimum absolute atomic E-state index is 0.0237. The fraction of sp³-hybridized carbons (Fsp3) is 0.200. The topological polar surface area (TPSA) is 39.1 Å². The molecule has 3 aromatic rings. The van der Waals surface area contributed by atoms with Crippen LogP contribution in [0.5, 0.6) is 0 Å². The lowest BCUT2D eigenvalue weighted by molar-refractivity contribution is -0.113. The number of Topliss-reactive ketones (excluding diaryl/α,β-unsaturated/α-hetero) is 1. The Morgan fingerprint density at radius 1 is 1.07 bits per heavy atom. The van der Waals surface area contributed by atoms with Crippen LogP contribution in [0.15, 0.2) is 53.5 Å². The maximum atomic E-state index is 14.3. The quantitative estimate of drug-likeness (QED) is 0.455. The Labute approximate surface area is 174 Å². The number of benzene rings is 2. The van der Waals surface area contributed by atoms with Crippen LogP contribution in [0, 0.1) is 24.0 Å². The van der Waals surface area contributed by atoms with Crippen molar-refractivity contribution in [2.24, 2.45) is 7.05 Å². The van der Waals surface area contributed by atoms with Crippen molar-refractivity contribution in [3.05, 3.63) is 92.9 Å². The molecule has 0 N–H and O–H groups in total. The lowest BCUT2D eigenvalue weighted by atomic mass is 9.89. The molecule has 30 heavy (non-hydrogen) atoms. The summed E-state index contributed by atoms with van der Waals surface area (Å²) in [5.74, 6) is 0.469. The number of carbonyl (C=O) groups is 1. The molecule has 0 unspecified atom stereocenters. The maximum absolute atomic E-state index is 14.3. The minimum atomic E-state index is -0.643. The molecule has 0 saturated heterocycles. The predicted octanol–water partition coefficient (Wildman–Crippen LogP) is 4.23. The van der Waals surface area contributed by atoms with Crippen LogP contribution in [-0.4, -0.2) is 10.4 Å². The van der Waals surface area contributed by atoms with E-state index >= 15 is 0 Å². The minimum Gasteiger partial charge on any atom is -0.318 e. The standard InChI is InChI=1S/C25H21F2NO2/c1-4-16-11-20(15-28(3)25(16)30)24-18(7-6-8-19(24)13-22(29)5-2)12-17-9-10-21(26)14-23(17)27/h2,6-11,14-15H,4,12-13H2,1,3H3. The summed E-state index contributed by atoms with van der Waals surface area (Å²) in [6.07, 6.45) is 7.73. The van der Waals surface area contributed by atoms with Crippen LogP contribution in [0.2, 0.25) is 0 Å². The summed E-state index contributed by atoms with van der Waals surface area (Å²) in [4.78, 5) is 24.3. The van der Waals surface area contributed by atoms with Crippen molar-refractivity contribution in [3.63, 3.8) is 0 Å². The highest BCUT2D eigenvalue weighted by Gasteiger charge is 2.17. The average Bonchev–Trinajstić information content (AvgIpc) is 2.72. The predicted molar refractivity (Wildman–Crippen MR) is 113 cm³/mol. The van der Waals surface area contributed by atoms with Crippen LogP contribution in [0.25, 0.3) is 11.1 Å². The van der Waals surface area contributed by atoms with Crippen LogP contribution in [0.1, 0.15) is 29.2 Å². The first-order valence-corrected chi connectivity index (χ1v) is 9.58. The number of aromatic nitrogens is 1. The molecule has 3 nitrogen and oxygen atoms in total. The van der Waals surface area contributed by atoms with Crippen LogP contribution in [-0.2, 0) is 31.1 Å². The molecule has 0 amide bonds. The SMILES string of the molecule is C#CC(=O)Cc1cccc(Cc2ccc(F)cc2F)c1-c1cc(CC)c(=O)n(C)c1. The number of hydrogen-bond donors (Lipinski definition) is 0. The number of nitrogens with zero attached hydrogens (tertiary/aromatic N) is 1. The average molecular weight is 405 g/mol. The second-order valence-electron chi connectivity index (χ2n) is 7.13. The molecule has 152 valence electrons. The van der Waals surface area contributed by atoms with Crippen molar-refractivity contribution in [2.75, 3.05) is 0 Å². The molecule has 5 heteroatoms. The molecule has 2 aromatic carbocycles. The fourth-order valence-corrected chi connectivity index (χ4v) is 3.58. The number of ketones is 1. The molecule has 0 bridgehead atoms. The Bertz CT molecular complexity index is 1220. The Morgan fingerprint density at radius 2 is 1.80 bits per heavy atom. The van der Waals surface area contributed by atoms with Crippen molar-refractivity contribution >= 4 is 5.78 Å². The van der Waals surface area contributed by atoms with Crippen molar-refractivity contribution < 1.29 is 13.6 Å². The summed E-state index contributed by atoms with van der Waals surface area (Å²) < 4.78 is 29.1. The smallest absolute Gasteiger partial charge is 0.253 e. The van der Waals surface area contributed by atoms with Gasteiger partial charge in [0.15, 0.2) is 0 Å². The van der Waals surface area contributed by atoms with E-state index in [1.165, 1.54) is 16.7 Å². The fourth-order valence-electron chi connectivity index (χ4n) is 3.58. The van der Waals surface area contributed by atoms with Gasteiger partial charge in [-0.1, -0.05) is 31.2 Å². The molecule has 0 aliphatic rings. The highest BCUT2D eigenvalue weighted by molar-refractivity contribution is 5.97. The number of pyridine rings is 1. The third-order valence-electron chi connectivity index (χ3n) is 5.07.